The minimum absolute atomic E-state index is 0.0115. The molecule has 2 aromatic heterocycles. The zero-order valence-corrected chi connectivity index (χ0v) is 13.0. The van der Waals surface area contributed by atoms with Gasteiger partial charge in [-0.1, -0.05) is 0 Å². The highest BCUT2D eigenvalue weighted by Gasteiger charge is 2.29. The quantitative estimate of drug-likeness (QED) is 0.821. The van der Waals surface area contributed by atoms with Crippen LogP contribution in [0.1, 0.15) is 22.5 Å². The van der Waals surface area contributed by atoms with Crippen LogP contribution >= 0.6 is 0 Å². The Morgan fingerprint density at radius 1 is 1.35 bits per heavy atom. The summed E-state index contributed by atoms with van der Waals surface area (Å²) in [5.74, 6) is 0.857. The highest BCUT2D eigenvalue weighted by Crippen LogP contribution is 2.12. The molecule has 1 saturated heterocycles. The van der Waals surface area contributed by atoms with Gasteiger partial charge < -0.3 is 15.1 Å². The number of rotatable bonds is 5. The topological polar surface area (TPSA) is 114 Å². The predicted molar refractivity (Wildman–Crippen MR) is 82.6 cm³/mol. The van der Waals surface area contributed by atoms with E-state index in [9.17, 15) is 13.2 Å². The van der Waals surface area contributed by atoms with Gasteiger partial charge >= 0.3 is 0 Å². The first-order valence-electron chi connectivity index (χ1n) is 7.11. The van der Waals surface area contributed by atoms with Crippen LogP contribution in [-0.2, 0) is 16.4 Å². The van der Waals surface area contributed by atoms with Crippen LogP contribution in [0.3, 0.4) is 0 Å². The summed E-state index contributed by atoms with van der Waals surface area (Å²) in [7, 11) is -3.02. The molecule has 1 fully saturated rings. The average molecular weight is 336 g/mol. The van der Waals surface area contributed by atoms with Crippen LogP contribution in [-0.4, -0.2) is 41.8 Å². The van der Waals surface area contributed by atoms with Gasteiger partial charge in [0.15, 0.2) is 9.84 Å². The molecular formula is C14H16N4O4S. The van der Waals surface area contributed by atoms with E-state index in [1.54, 1.807) is 12.3 Å². The standard InChI is InChI=1S/C14H16N4O4S/c19-13(18-11-3-5-23(20,21)9-11)10-6-15-14(16-7-10)17-8-12-2-1-4-22-12/h1-2,4,6-7,11H,3,5,8-9H2,(H,18,19)(H,15,16,17). The van der Waals surface area contributed by atoms with Crippen molar-refractivity contribution >= 4 is 21.7 Å². The van der Waals surface area contributed by atoms with E-state index >= 15 is 0 Å². The van der Waals surface area contributed by atoms with Crippen molar-refractivity contribution in [1.29, 1.82) is 0 Å². The average Bonchev–Trinajstić information content (AvgIpc) is 3.15. The van der Waals surface area contributed by atoms with Gasteiger partial charge in [0, 0.05) is 18.4 Å². The number of nitrogens with zero attached hydrogens (tertiary/aromatic N) is 2. The SMILES string of the molecule is O=C(NC1CCS(=O)(=O)C1)c1cnc(NCc2ccco2)nc1. The van der Waals surface area contributed by atoms with Crippen molar-refractivity contribution in [3.63, 3.8) is 0 Å². The van der Waals surface area contributed by atoms with Gasteiger partial charge in [-0.25, -0.2) is 18.4 Å². The molecule has 0 radical (unpaired) electrons. The summed E-state index contributed by atoms with van der Waals surface area (Å²) in [5.41, 5.74) is 0.290. The zero-order valence-electron chi connectivity index (χ0n) is 12.2. The zero-order chi connectivity index (χ0) is 16.3. The largest absolute Gasteiger partial charge is 0.467 e. The molecule has 122 valence electrons. The first-order valence-corrected chi connectivity index (χ1v) is 8.93. The molecule has 1 aliphatic rings. The molecule has 0 spiro atoms. The molecule has 9 heteroatoms. The maximum absolute atomic E-state index is 12.0. The van der Waals surface area contributed by atoms with E-state index in [4.69, 9.17) is 4.42 Å². The second-order valence-corrected chi connectivity index (χ2v) is 7.53. The van der Waals surface area contributed by atoms with E-state index in [0.29, 0.717) is 18.9 Å². The molecule has 3 rings (SSSR count). The number of carbonyl (C=O) groups excluding carboxylic acids is 1. The molecule has 1 amide bonds. The van der Waals surface area contributed by atoms with E-state index in [0.717, 1.165) is 5.76 Å². The number of nitrogens with one attached hydrogen (secondary N) is 2. The second-order valence-electron chi connectivity index (χ2n) is 5.30. The number of aromatic nitrogens is 2. The molecule has 0 saturated carbocycles. The normalized spacial score (nSPS) is 19.4. The number of hydrogen-bond acceptors (Lipinski definition) is 7. The Hall–Kier alpha value is -2.42. The van der Waals surface area contributed by atoms with Crippen LogP contribution in [0.5, 0.6) is 0 Å². The van der Waals surface area contributed by atoms with Crippen LogP contribution in [0.25, 0.3) is 0 Å². The Morgan fingerprint density at radius 3 is 2.74 bits per heavy atom. The summed E-state index contributed by atoms with van der Waals surface area (Å²) in [6, 6.07) is 3.27. The maximum Gasteiger partial charge on any atom is 0.254 e. The van der Waals surface area contributed by atoms with Gasteiger partial charge in [0.05, 0.1) is 29.9 Å². The lowest BCUT2D eigenvalue weighted by molar-refractivity contribution is 0.0940. The fourth-order valence-corrected chi connectivity index (χ4v) is 3.97. The van der Waals surface area contributed by atoms with Crippen molar-refractivity contribution < 1.29 is 17.6 Å². The summed E-state index contributed by atoms with van der Waals surface area (Å²) in [4.78, 5) is 20.2. The molecule has 1 atom stereocenters. The maximum atomic E-state index is 12.0. The van der Waals surface area contributed by atoms with Crippen LogP contribution in [0.4, 0.5) is 5.95 Å². The third kappa shape index (κ3) is 4.07. The Balaban J connectivity index is 1.55. The van der Waals surface area contributed by atoms with Crippen LogP contribution in [0.15, 0.2) is 35.2 Å². The number of anilines is 1. The number of hydrogen-bond donors (Lipinski definition) is 2. The fraction of sp³-hybridized carbons (Fsp3) is 0.357. The number of furan rings is 1. The number of carbonyl (C=O) groups is 1. The first-order chi connectivity index (χ1) is 11.0. The van der Waals surface area contributed by atoms with E-state index < -0.39 is 9.84 Å². The third-order valence-electron chi connectivity index (χ3n) is 3.48. The summed E-state index contributed by atoms with van der Waals surface area (Å²) in [6.07, 6.45) is 4.82. The summed E-state index contributed by atoms with van der Waals surface area (Å²) < 4.78 is 27.9. The molecule has 8 nitrogen and oxygen atoms in total. The fourth-order valence-electron chi connectivity index (χ4n) is 2.29. The summed E-state index contributed by atoms with van der Waals surface area (Å²) >= 11 is 0. The van der Waals surface area contributed by atoms with Crippen molar-refractivity contribution in [1.82, 2.24) is 15.3 Å². The first kappa shape index (κ1) is 15.5. The molecule has 23 heavy (non-hydrogen) atoms. The van der Waals surface area contributed by atoms with Gasteiger partial charge in [-0.05, 0) is 18.6 Å². The second kappa shape index (κ2) is 6.37. The van der Waals surface area contributed by atoms with Gasteiger partial charge in [-0.15, -0.1) is 0 Å². The lowest BCUT2D eigenvalue weighted by Gasteiger charge is -2.10. The Bertz CT molecular complexity index is 772. The van der Waals surface area contributed by atoms with Crippen molar-refractivity contribution in [3.8, 4) is 0 Å². The van der Waals surface area contributed by atoms with Gasteiger partial charge in [-0.3, -0.25) is 4.79 Å². The molecule has 0 aliphatic carbocycles. The van der Waals surface area contributed by atoms with Crippen molar-refractivity contribution in [2.24, 2.45) is 0 Å². The molecule has 2 N–H and O–H groups in total. The molecule has 0 bridgehead atoms. The smallest absolute Gasteiger partial charge is 0.254 e. The van der Waals surface area contributed by atoms with Crippen molar-refractivity contribution in [3.05, 3.63) is 42.1 Å². The van der Waals surface area contributed by atoms with Gasteiger partial charge in [0.1, 0.15) is 5.76 Å². The number of sulfone groups is 1. The Kier molecular flexibility index (Phi) is 4.28. The molecule has 1 aliphatic heterocycles. The molecule has 0 aromatic carbocycles. The molecular weight excluding hydrogens is 320 g/mol. The van der Waals surface area contributed by atoms with Gasteiger partial charge in [0.25, 0.3) is 5.91 Å². The number of amides is 1. The van der Waals surface area contributed by atoms with Gasteiger partial charge in [-0.2, -0.15) is 0 Å². The van der Waals surface area contributed by atoms with Crippen LogP contribution < -0.4 is 10.6 Å². The van der Waals surface area contributed by atoms with Crippen molar-refractivity contribution in [2.75, 3.05) is 16.8 Å². The Morgan fingerprint density at radius 2 is 2.13 bits per heavy atom. The van der Waals surface area contributed by atoms with E-state index in [1.807, 2.05) is 6.07 Å². The Labute approximate surface area is 133 Å². The molecule has 3 heterocycles. The molecule has 1 unspecified atom stereocenters. The monoisotopic (exact) mass is 336 g/mol. The summed E-state index contributed by atoms with van der Waals surface area (Å²) in [5, 5.41) is 5.66. The van der Waals surface area contributed by atoms with Crippen molar-refractivity contribution in [2.45, 2.75) is 19.0 Å². The predicted octanol–water partition coefficient (Wildman–Crippen LogP) is 0.599. The summed E-state index contributed by atoms with van der Waals surface area (Å²) in [6.45, 7) is 0.443. The van der Waals surface area contributed by atoms with E-state index in [1.165, 1.54) is 12.4 Å². The minimum atomic E-state index is -3.02. The molecule has 2 aromatic rings. The van der Waals surface area contributed by atoms with Crippen LogP contribution in [0, 0.1) is 0 Å². The van der Waals surface area contributed by atoms with Crippen LogP contribution in [0.2, 0.25) is 0 Å². The van der Waals surface area contributed by atoms with E-state index in [-0.39, 0.29) is 29.0 Å². The highest BCUT2D eigenvalue weighted by atomic mass is 32.2. The lowest BCUT2D eigenvalue weighted by Crippen LogP contribution is -2.35. The van der Waals surface area contributed by atoms with E-state index in [2.05, 4.69) is 20.6 Å². The third-order valence-corrected chi connectivity index (χ3v) is 5.25. The van der Waals surface area contributed by atoms with Gasteiger partial charge in [0.2, 0.25) is 5.95 Å². The highest BCUT2D eigenvalue weighted by molar-refractivity contribution is 7.91. The minimum Gasteiger partial charge on any atom is -0.467 e. The lowest BCUT2D eigenvalue weighted by atomic mass is 10.2.